The summed E-state index contributed by atoms with van der Waals surface area (Å²) in [7, 11) is 0. The summed E-state index contributed by atoms with van der Waals surface area (Å²) >= 11 is 4.95. The van der Waals surface area contributed by atoms with Gasteiger partial charge in [-0.05, 0) is 28.1 Å². The van der Waals surface area contributed by atoms with Gasteiger partial charge < -0.3 is 5.11 Å². The second-order valence-corrected chi connectivity index (χ2v) is 3.97. The maximum absolute atomic E-state index is 9.33. The summed E-state index contributed by atoms with van der Waals surface area (Å²) in [5, 5.41) is 12.0. The van der Waals surface area contributed by atoms with Crippen molar-refractivity contribution in [3.8, 4) is 5.75 Å². The molecular formula is C8H5BrOS. The van der Waals surface area contributed by atoms with Gasteiger partial charge in [0, 0.05) is 15.2 Å². The maximum Gasteiger partial charge on any atom is 0.134 e. The smallest absolute Gasteiger partial charge is 0.134 e. The molecule has 3 heteroatoms. The molecule has 1 N–H and O–H groups in total. The molecule has 0 aliphatic rings. The molecule has 2 aromatic rings. The Bertz CT molecular complexity index is 394. The lowest BCUT2D eigenvalue weighted by Gasteiger charge is -1.91. The zero-order valence-electron chi connectivity index (χ0n) is 5.54. The van der Waals surface area contributed by atoms with Crippen LogP contribution in [-0.2, 0) is 0 Å². The molecule has 0 radical (unpaired) electrons. The normalized spacial score (nSPS) is 10.6. The van der Waals surface area contributed by atoms with E-state index in [-0.39, 0.29) is 0 Å². The van der Waals surface area contributed by atoms with Crippen molar-refractivity contribution in [3.63, 3.8) is 0 Å². The first-order valence-corrected chi connectivity index (χ1v) is 4.81. The third-order valence-electron chi connectivity index (χ3n) is 1.53. The van der Waals surface area contributed by atoms with Crippen molar-refractivity contribution in [2.45, 2.75) is 0 Å². The van der Waals surface area contributed by atoms with Gasteiger partial charge in [0.25, 0.3) is 0 Å². The van der Waals surface area contributed by atoms with E-state index in [0.29, 0.717) is 5.75 Å². The van der Waals surface area contributed by atoms with Crippen LogP contribution >= 0.6 is 27.3 Å². The van der Waals surface area contributed by atoms with Gasteiger partial charge in [-0.2, -0.15) is 0 Å². The topological polar surface area (TPSA) is 20.2 Å². The lowest BCUT2D eigenvalue weighted by Crippen LogP contribution is -1.64. The molecule has 0 saturated heterocycles. The minimum atomic E-state index is 0.367. The lowest BCUT2D eigenvalue weighted by atomic mass is 10.2. The fraction of sp³-hybridized carbons (Fsp3) is 0. The number of thiophene rings is 1. The van der Waals surface area contributed by atoms with E-state index in [1.165, 1.54) is 0 Å². The first-order chi connectivity index (χ1) is 5.29. The van der Waals surface area contributed by atoms with Gasteiger partial charge in [0.15, 0.2) is 0 Å². The van der Waals surface area contributed by atoms with Crippen LogP contribution in [0.2, 0.25) is 0 Å². The molecule has 11 heavy (non-hydrogen) atoms. The van der Waals surface area contributed by atoms with Crippen molar-refractivity contribution >= 4 is 37.4 Å². The largest absolute Gasteiger partial charge is 0.506 e. The van der Waals surface area contributed by atoms with E-state index < -0.39 is 0 Å². The summed E-state index contributed by atoms with van der Waals surface area (Å²) in [6.07, 6.45) is 0. The molecule has 0 aliphatic carbocycles. The monoisotopic (exact) mass is 228 g/mol. The zero-order chi connectivity index (χ0) is 7.84. The molecular weight excluding hydrogens is 224 g/mol. The Balaban J connectivity index is 2.94. The summed E-state index contributed by atoms with van der Waals surface area (Å²) in [5.41, 5.74) is 0. The van der Waals surface area contributed by atoms with Crippen LogP contribution in [0.1, 0.15) is 0 Å². The highest BCUT2D eigenvalue weighted by atomic mass is 79.9. The van der Waals surface area contributed by atoms with Crippen molar-refractivity contribution < 1.29 is 5.11 Å². The minimum Gasteiger partial charge on any atom is -0.506 e. The molecule has 0 aliphatic heterocycles. The van der Waals surface area contributed by atoms with Crippen LogP contribution in [0.5, 0.6) is 5.75 Å². The Hall–Kier alpha value is -0.540. The molecule has 0 unspecified atom stereocenters. The highest BCUT2D eigenvalue weighted by Crippen LogP contribution is 2.35. The second kappa shape index (κ2) is 2.50. The summed E-state index contributed by atoms with van der Waals surface area (Å²) in [6.45, 7) is 0. The Morgan fingerprint density at radius 1 is 1.36 bits per heavy atom. The van der Waals surface area contributed by atoms with Crippen LogP contribution in [0.4, 0.5) is 0 Å². The number of hydrogen-bond acceptors (Lipinski definition) is 2. The van der Waals surface area contributed by atoms with E-state index >= 15 is 0 Å². The predicted molar refractivity (Wildman–Crippen MR) is 51.2 cm³/mol. The molecule has 1 aromatic carbocycles. The average Bonchev–Trinajstić information content (AvgIpc) is 2.35. The van der Waals surface area contributed by atoms with Crippen molar-refractivity contribution in [2.75, 3.05) is 0 Å². The van der Waals surface area contributed by atoms with E-state index in [4.69, 9.17) is 0 Å². The second-order valence-electron chi connectivity index (χ2n) is 2.24. The summed E-state index contributed by atoms with van der Waals surface area (Å²) < 4.78 is 2.14. The standard InChI is InChI=1S/C8H5BrOS/c9-6-3-1-2-5-7(10)4-11-8(5)6/h1-4,10H. The molecule has 1 nitrogen and oxygen atoms in total. The summed E-state index contributed by atoms with van der Waals surface area (Å²) in [4.78, 5) is 0. The van der Waals surface area contributed by atoms with Crippen LogP contribution in [0.3, 0.4) is 0 Å². The fourth-order valence-electron chi connectivity index (χ4n) is 1.01. The number of halogens is 1. The maximum atomic E-state index is 9.33. The van der Waals surface area contributed by atoms with Crippen molar-refractivity contribution in [2.24, 2.45) is 0 Å². The molecule has 0 amide bonds. The zero-order valence-corrected chi connectivity index (χ0v) is 7.95. The average molecular weight is 229 g/mol. The molecule has 1 heterocycles. The van der Waals surface area contributed by atoms with Gasteiger partial charge in [-0.3, -0.25) is 0 Å². The SMILES string of the molecule is Oc1csc2c(Br)cccc12. The van der Waals surface area contributed by atoms with E-state index in [2.05, 4.69) is 15.9 Å². The Labute approximate surface area is 76.4 Å². The minimum absolute atomic E-state index is 0.367. The third-order valence-corrected chi connectivity index (χ3v) is 3.47. The molecule has 56 valence electrons. The van der Waals surface area contributed by atoms with Crippen molar-refractivity contribution in [1.29, 1.82) is 0 Å². The van der Waals surface area contributed by atoms with Gasteiger partial charge in [0.1, 0.15) is 5.75 Å². The number of aromatic hydroxyl groups is 1. The lowest BCUT2D eigenvalue weighted by molar-refractivity contribution is 0.483. The Kier molecular flexibility index (Phi) is 1.62. The summed E-state index contributed by atoms with van der Waals surface area (Å²) in [6, 6.07) is 5.79. The Morgan fingerprint density at radius 3 is 2.91 bits per heavy atom. The first kappa shape index (κ1) is 7.13. The van der Waals surface area contributed by atoms with Gasteiger partial charge in [-0.15, -0.1) is 11.3 Å². The molecule has 0 bridgehead atoms. The molecule has 2 rings (SSSR count). The van der Waals surface area contributed by atoms with Crippen LogP contribution in [0.25, 0.3) is 10.1 Å². The third kappa shape index (κ3) is 1.04. The number of rotatable bonds is 0. The predicted octanol–water partition coefficient (Wildman–Crippen LogP) is 3.37. The van der Waals surface area contributed by atoms with E-state index in [1.807, 2.05) is 18.2 Å². The van der Waals surface area contributed by atoms with Crippen molar-refractivity contribution in [1.82, 2.24) is 0 Å². The van der Waals surface area contributed by atoms with Gasteiger partial charge in [0.05, 0.1) is 4.70 Å². The van der Waals surface area contributed by atoms with Gasteiger partial charge in [-0.1, -0.05) is 6.07 Å². The molecule has 0 atom stereocenters. The highest BCUT2D eigenvalue weighted by molar-refractivity contribution is 9.10. The number of hydrogen-bond donors (Lipinski definition) is 1. The van der Waals surface area contributed by atoms with Crippen LogP contribution < -0.4 is 0 Å². The molecule has 0 spiro atoms. The summed E-state index contributed by atoms with van der Waals surface area (Å²) in [5.74, 6) is 0.367. The van der Waals surface area contributed by atoms with Gasteiger partial charge in [0.2, 0.25) is 0 Å². The van der Waals surface area contributed by atoms with Gasteiger partial charge in [-0.25, -0.2) is 0 Å². The van der Waals surface area contributed by atoms with E-state index in [9.17, 15) is 5.11 Å². The molecule has 0 saturated carbocycles. The van der Waals surface area contributed by atoms with Crippen LogP contribution in [0, 0.1) is 0 Å². The molecule has 1 aromatic heterocycles. The van der Waals surface area contributed by atoms with Crippen molar-refractivity contribution in [3.05, 3.63) is 28.1 Å². The number of benzene rings is 1. The van der Waals surface area contributed by atoms with Crippen LogP contribution in [-0.4, -0.2) is 5.11 Å². The van der Waals surface area contributed by atoms with Crippen LogP contribution in [0.15, 0.2) is 28.1 Å². The van der Waals surface area contributed by atoms with Gasteiger partial charge >= 0.3 is 0 Å². The fourth-order valence-corrected chi connectivity index (χ4v) is 2.49. The number of fused-ring (bicyclic) bond motifs is 1. The van der Waals surface area contributed by atoms with E-state index in [0.717, 1.165) is 14.6 Å². The first-order valence-electron chi connectivity index (χ1n) is 3.14. The highest BCUT2D eigenvalue weighted by Gasteiger charge is 2.03. The quantitative estimate of drug-likeness (QED) is 0.734. The van der Waals surface area contributed by atoms with E-state index in [1.54, 1.807) is 16.7 Å². The molecule has 0 fully saturated rings. The Morgan fingerprint density at radius 2 is 2.18 bits per heavy atom.